The molecule has 0 aliphatic carbocycles. The Hall–Kier alpha value is -1.38. The van der Waals surface area contributed by atoms with Crippen LogP contribution in [0.2, 0.25) is 0 Å². The minimum atomic E-state index is -0.131. The van der Waals surface area contributed by atoms with Crippen LogP contribution in [0.1, 0.15) is 46.5 Å². The normalized spacial score (nSPS) is 11.4. The van der Waals surface area contributed by atoms with Crippen LogP contribution < -0.4 is 16.0 Å². The lowest BCUT2D eigenvalue weighted by Crippen LogP contribution is -2.44. The first-order valence-corrected chi connectivity index (χ1v) is 8.61. The highest BCUT2D eigenvalue weighted by Gasteiger charge is 2.17. The van der Waals surface area contributed by atoms with Gasteiger partial charge in [0.05, 0.1) is 18.4 Å². The Labute approximate surface area is 168 Å². The van der Waals surface area contributed by atoms with Crippen molar-refractivity contribution in [2.45, 2.75) is 46.5 Å². The summed E-state index contributed by atoms with van der Waals surface area (Å²) in [5.74, 6) is 0.507. The lowest BCUT2D eigenvalue weighted by atomic mass is 9.87. The maximum atomic E-state index is 11.9. The molecule has 0 aliphatic rings. The van der Waals surface area contributed by atoms with E-state index in [9.17, 15) is 4.79 Å². The molecule has 0 atom stereocenters. The number of carbonyl (C=O) groups excluding carboxylic acids is 1. The summed E-state index contributed by atoms with van der Waals surface area (Å²) in [6.45, 7) is 7.69. The molecule has 6 nitrogen and oxygen atoms in total. The first-order chi connectivity index (χ1) is 11.5. The number of hydrogen-bond acceptors (Lipinski definition) is 3. The van der Waals surface area contributed by atoms with Gasteiger partial charge in [0, 0.05) is 19.8 Å². The third-order valence-electron chi connectivity index (χ3n) is 3.78. The predicted octanol–water partition coefficient (Wildman–Crippen LogP) is 3.41. The molecule has 0 unspecified atom stereocenters. The first kappa shape index (κ1) is 23.6. The molecule has 0 saturated heterocycles. The van der Waals surface area contributed by atoms with Gasteiger partial charge in [-0.15, -0.1) is 24.0 Å². The second kappa shape index (κ2) is 12.9. The molecule has 0 aromatic carbocycles. The van der Waals surface area contributed by atoms with Crippen LogP contribution in [0.5, 0.6) is 0 Å². The van der Waals surface area contributed by atoms with E-state index in [1.165, 1.54) is 25.7 Å². The third kappa shape index (κ3) is 11.0. The average molecular weight is 461 g/mol. The summed E-state index contributed by atoms with van der Waals surface area (Å²) in [6.07, 6.45) is 8.20. The number of nitrogens with zero attached hydrogens (tertiary/aromatic N) is 2. The molecule has 0 radical (unpaired) electrons. The molecule has 1 aromatic heterocycles. The highest BCUT2D eigenvalue weighted by atomic mass is 127. The number of rotatable bonds is 9. The first-order valence-electron chi connectivity index (χ1n) is 8.61. The number of nitrogens with one attached hydrogen (secondary N) is 3. The average Bonchev–Trinajstić information content (AvgIpc) is 2.56. The van der Waals surface area contributed by atoms with E-state index < -0.39 is 0 Å². The zero-order valence-corrected chi connectivity index (χ0v) is 18.1. The largest absolute Gasteiger partial charge is 0.356 e. The molecule has 0 spiro atoms. The van der Waals surface area contributed by atoms with Gasteiger partial charge in [-0.2, -0.15) is 0 Å². The van der Waals surface area contributed by atoms with Crippen LogP contribution in [-0.4, -0.2) is 37.0 Å². The second-order valence-electron chi connectivity index (χ2n) is 6.69. The number of pyridine rings is 1. The summed E-state index contributed by atoms with van der Waals surface area (Å²) in [5.41, 5.74) is 0.884. The Kier molecular flexibility index (Phi) is 12.2. The topological polar surface area (TPSA) is 78.4 Å². The standard InChI is InChI=1S/C18H31N5O.HI/c1-5-6-7-10-18(2,3)14-22-17(19-4)21-13-16(24)23-15-9-8-11-20-12-15;/h8-9,11-12H,5-7,10,13-14H2,1-4H3,(H,23,24)(H2,19,21,22);1H. The maximum absolute atomic E-state index is 11.9. The Morgan fingerprint density at radius 1 is 1.28 bits per heavy atom. The quantitative estimate of drug-likeness (QED) is 0.228. The zero-order chi connectivity index (χ0) is 17.8. The minimum Gasteiger partial charge on any atom is -0.356 e. The Balaban J connectivity index is 0.00000576. The van der Waals surface area contributed by atoms with Gasteiger partial charge in [-0.1, -0.05) is 40.0 Å². The number of aliphatic imine (C=N–C) groups is 1. The van der Waals surface area contributed by atoms with Gasteiger partial charge in [0.1, 0.15) is 0 Å². The summed E-state index contributed by atoms with van der Waals surface area (Å²) in [7, 11) is 1.71. The fourth-order valence-corrected chi connectivity index (χ4v) is 2.29. The van der Waals surface area contributed by atoms with Gasteiger partial charge in [0.2, 0.25) is 5.91 Å². The van der Waals surface area contributed by atoms with Crippen molar-refractivity contribution in [2.24, 2.45) is 10.4 Å². The van der Waals surface area contributed by atoms with E-state index in [1.54, 1.807) is 31.6 Å². The summed E-state index contributed by atoms with van der Waals surface area (Å²) in [5, 5.41) is 9.12. The predicted molar refractivity (Wildman–Crippen MR) is 116 cm³/mol. The van der Waals surface area contributed by atoms with Crippen molar-refractivity contribution in [3.05, 3.63) is 24.5 Å². The number of aromatic nitrogens is 1. The third-order valence-corrected chi connectivity index (χ3v) is 3.78. The molecular formula is C18H32IN5O. The van der Waals surface area contributed by atoms with Crippen LogP contribution in [-0.2, 0) is 4.79 Å². The number of unbranched alkanes of at least 4 members (excludes halogenated alkanes) is 2. The SMILES string of the molecule is CCCCCC(C)(C)CNC(=NC)NCC(=O)Nc1cccnc1.I. The number of anilines is 1. The molecule has 7 heteroatoms. The Morgan fingerprint density at radius 2 is 2.04 bits per heavy atom. The van der Waals surface area contributed by atoms with Gasteiger partial charge in [-0.3, -0.25) is 14.8 Å². The van der Waals surface area contributed by atoms with Crippen LogP contribution >= 0.6 is 24.0 Å². The molecule has 3 N–H and O–H groups in total. The summed E-state index contributed by atoms with van der Waals surface area (Å²) in [6, 6.07) is 3.58. The van der Waals surface area contributed by atoms with Gasteiger partial charge in [-0.05, 0) is 24.0 Å². The summed E-state index contributed by atoms with van der Waals surface area (Å²) >= 11 is 0. The fraction of sp³-hybridized carbons (Fsp3) is 0.611. The monoisotopic (exact) mass is 461 g/mol. The molecule has 0 aliphatic heterocycles. The van der Waals surface area contributed by atoms with Crippen LogP contribution in [0.3, 0.4) is 0 Å². The van der Waals surface area contributed by atoms with E-state index >= 15 is 0 Å². The van der Waals surface area contributed by atoms with Crippen molar-refractivity contribution in [3.8, 4) is 0 Å². The zero-order valence-electron chi connectivity index (χ0n) is 15.8. The molecule has 1 rings (SSSR count). The van der Waals surface area contributed by atoms with E-state index in [0.29, 0.717) is 11.6 Å². The van der Waals surface area contributed by atoms with Gasteiger partial charge >= 0.3 is 0 Å². The van der Waals surface area contributed by atoms with Gasteiger partial charge in [0.15, 0.2) is 5.96 Å². The number of halogens is 1. The van der Waals surface area contributed by atoms with E-state index in [1.807, 2.05) is 0 Å². The van der Waals surface area contributed by atoms with Crippen molar-refractivity contribution in [1.29, 1.82) is 0 Å². The van der Waals surface area contributed by atoms with Crippen LogP contribution in [0.15, 0.2) is 29.5 Å². The molecule has 0 saturated carbocycles. The lowest BCUT2D eigenvalue weighted by Gasteiger charge is -2.26. The summed E-state index contributed by atoms with van der Waals surface area (Å²) < 4.78 is 0. The highest BCUT2D eigenvalue weighted by molar-refractivity contribution is 14.0. The molecule has 1 heterocycles. The Morgan fingerprint density at radius 3 is 2.64 bits per heavy atom. The Bertz CT molecular complexity index is 519. The molecule has 25 heavy (non-hydrogen) atoms. The van der Waals surface area contributed by atoms with Crippen LogP contribution in [0.25, 0.3) is 0 Å². The van der Waals surface area contributed by atoms with E-state index in [0.717, 1.165) is 6.54 Å². The molecule has 1 amide bonds. The van der Waals surface area contributed by atoms with Crippen molar-refractivity contribution >= 4 is 41.5 Å². The molecular weight excluding hydrogens is 429 g/mol. The highest BCUT2D eigenvalue weighted by Crippen LogP contribution is 2.22. The summed E-state index contributed by atoms with van der Waals surface area (Å²) in [4.78, 5) is 20.1. The van der Waals surface area contributed by atoms with E-state index in [4.69, 9.17) is 0 Å². The smallest absolute Gasteiger partial charge is 0.243 e. The van der Waals surface area contributed by atoms with Gasteiger partial charge < -0.3 is 16.0 Å². The maximum Gasteiger partial charge on any atom is 0.243 e. The minimum absolute atomic E-state index is 0. The number of amides is 1. The van der Waals surface area contributed by atoms with Crippen molar-refractivity contribution in [2.75, 3.05) is 25.5 Å². The van der Waals surface area contributed by atoms with Gasteiger partial charge in [0.25, 0.3) is 0 Å². The number of carbonyl (C=O) groups is 1. The van der Waals surface area contributed by atoms with Crippen molar-refractivity contribution in [3.63, 3.8) is 0 Å². The number of hydrogen-bond donors (Lipinski definition) is 3. The lowest BCUT2D eigenvalue weighted by molar-refractivity contribution is -0.115. The van der Waals surface area contributed by atoms with Crippen LogP contribution in [0, 0.1) is 5.41 Å². The molecule has 142 valence electrons. The van der Waals surface area contributed by atoms with E-state index in [2.05, 4.69) is 46.7 Å². The second-order valence-corrected chi connectivity index (χ2v) is 6.69. The molecule has 1 aromatic rings. The number of guanidine groups is 1. The van der Waals surface area contributed by atoms with Crippen molar-refractivity contribution < 1.29 is 4.79 Å². The van der Waals surface area contributed by atoms with Crippen LogP contribution in [0.4, 0.5) is 5.69 Å². The fourth-order valence-electron chi connectivity index (χ4n) is 2.29. The van der Waals surface area contributed by atoms with E-state index in [-0.39, 0.29) is 41.8 Å². The molecule has 0 fully saturated rings. The molecule has 0 bridgehead atoms. The van der Waals surface area contributed by atoms with Gasteiger partial charge in [-0.25, -0.2) is 0 Å². The van der Waals surface area contributed by atoms with Crippen molar-refractivity contribution in [1.82, 2.24) is 15.6 Å².